The van der Waals surface area contributed by atoms with E-state index in [1.54, 1.807) is 24.3 Å². The number of carbonyl (C=O) groups is 1. The van der Waals surface area contributed by atoms with Crippen LogP contribution >= 0.6 is 0 Å². The molecule has 1 aromatic carbocycles. The van der Waals surface area contributed by atoms with Gasteiger partial charge in [0.05, 0.1) is 6.20 Å². The van der Waals surface area contributed by atoms with Crippen LogP contribution in [0.2, 0.25) is 0 Å². The maximum absolute atomic E-state index is 11.8. The van der Waals surface area contributed by atoms with Gasteiger partial charge in [-0.2, -0.15) is 0 Å². The van der Waals surface area contributed by atoms with Gasteiger partial charge in [-0.05, 0) is 38.5 Å². The largest absolute Gasteiger partial charge is 0.365 e. The number of amides is 2. The molecule has 26 heavy (non-hydrogen) atoms. The van der Waals surface area contributed by atoms with E-state index in [-0.39, 0.29) is 11.6 Å². The predicted molar refractivity (Wildman–Crippen MR) is 102 cm³/mol. The van der Waals surface area contributed by atoms with Crippen molar-refractivity contribution < 1.29 is 4.79 Å². The van der Waals surface area contributed by atoms with E-state index in [1.165, 1.54) is 0 Å². The molecule has 0 spiro atoms. The average Bonchev–Trinajstić information content (AvgIpc) is 2.93. The number of carbonyl (C=O) groups excluding carboxylic acids is 1. The summed E-state index contributed by atoms with van der Waals surface area (Å²) in [6.07, 6.45) is 5.42. The molecule has 2 amide bonds. The Morgan fingerprint density at radius 1 is 1.27 bits per heavy atom. The van der Waals surface area contributed by atoms with Crippen LogP contribution in [0.4, 0.5) is 16.3 Å². The number of rotatable bonds is 2. The van der Waals surface area contributed by atoms with Gasteiger partial charge in [-0.15, -0.1) is 0 Å². The van der Waals surface area contributed by atoms with Gasteiger partial charge in [-0.1, -0.05) is 6.07 Å². The number of anilines is 2. The summed E-state index contributed by atoms with van der Waals surface area (Å²) >= 11 is 0. The molecule has 1 aliphatic rings. The highest BCUT2D eigenvalue weighted by atomic mass is 16.2. The summed E-state index contributed by atoms with van der Waals surface area (Å²) in [5, 5.41) is 6.46. The van der Waals surface area contributed by atoms with Crippen LogP contribution in [0.15, 0.2) is 36.8 Å². The zero-order valence-electron chi connectivity index (χ0n) is 15.4. The number of urea groups is 1. The van der Waals surface area contributed by atoms with Crippen LogP contribution in [0.1, 0.15) is 26.3 Å². The van der Waals surface area contributed by atoms with Gasteiger partial charge in [0.15, 0.2) is 5.65 Å². The molecule has 0 atom stereocenters. The van der Waals surface area contributed by atoms with Crippen molar-refractivity contribution in [2.45, 2.75) is 32.9 Å². The van der Waals surface area contributed by atoms with Crippen LogP contribution in [-0.4, -0.2) is 37.9 Å². The van der Waals surface area contributed by atoms with Crippen LogP contribution in [-0.2, 0) is 6.54 Å². The minimum absolute atomic E-state index is 0.0841. The van der Waals surface area contributed by atoms with Crippen LogP contribution in [0.5, 0.6) is 0 Å². The van der Waals surface area contributed by atoms with E-state index in [4.69, 9.17) is 4.98 Å². The highest BCUT2D eigenvalue weighted by Gasteiger charge is 2.23. The molecule has 0 unspecified atom stereocenters. The first-order valence-corrected chi connectivity index (χ1v) is 8.57. The summed E-state index contributed by atoms with van der Waals surface area (Å²) in [6.45, 7) is 6.93. The van der Waals surface area contributed by atoms with E-state index in [2.05, 4.69) is 42.5 Å². The monoisotopic (exact) mass is 350 g/mol. The molecule has 1 aliphatic heterocycles. The molecule has 2 aromatic heterocycles. The standard InChI is InChI=1S/C19H22N6O/c1-19(2,3)23-17-16(22-15-10-20-7-8-25(15)17)12-5-6-14-13(9-12)11-24(4)18(26)21-14/h5-10,23H,11H2,1-4H3,(H,21,26). The van der Waals surface area contributed by atoms with E-state index in [0.29, 0.717) is 6.54 Å². The van der Waals surface area contributed by atoms with Gasteiger partial charge in [-0.25, -0.2) is 9.78 Å². The molecule has 0 bridgehead atoms. The zero-order valence-corrected chi connectivity index (χ0v) is 15.4. The van der Waals surface area contributed by atoms with Crippen molar-refractivity contribution in [3.8, 4) is 11.3 Å². The lowest BCUT2D eigenvalue weighted by Gasteiger charge is -2.26. The minimum Gasteiger partial charge on any atom is -0.365 e. The fraction of sp³-hybridized carbons (Fsp3) is 0.316. The van der Waals surface area contributed by atoms with Crippen molar-refractivity contribution in [1.82, 2.24) is 19.3 Å². The number of nitrogens with zero attached hydrogens (tertiary/aromatic N) is 4. The molecule has 7 nitrogen and oxygen atoms in total. The number of benzene rings is 1. The lowest BCUT2D eigenvalue weighted by Crippen LogP contribution is -2.35. The normalized spacial score (nSPS) is 14.3. The Morgan fingerprint density at radius 2 is 2.08 bits per heavy atom. The highest BCUT2D eigenvalue weighted by Crippen LogP contribution is 2.34. The zero-order chi connectivity index (χ0) is 18.5. The van der Waals surface area contributed by atoms with Crippen molar-refractivity contribution in [2.24, 2.45) is 0 Å². The Balaban J connectivity index is 1.85. The van der Waals surface area contributed by atoms with Crippen LogP contribution < -0.4 is 10.6 Å². The molecule has 0 saturated carbocycles. The molecule has 3 aromatic rings. The van der Waals surface area contributed by atoms with Crippen molar-refractivity contribution >= 4 is 23.2 Å². The first kappa shape index (κ1) is 16.4. The maximum Gasteiger partial charge on any atom is 0.321 e. The number of imidazole rings is 1. The summed E-state index contributed by atoms with van der Waals surface area (Å²) in [7, 11) is 1.79. The molecular weight excluding hydrogens is 328 g/mol. The van der Waals surface area contributed by atoms with Crippen LogP contribution in [0.25, 0.3) is 16.9 Å². The predicted octanol–water partition coefficient (Wildman–Crippen LogP) is 3.58. The summed E-state index contributed by atoms with van der Waals surface area (Å²) in [4.78, 5) is 22.5. The van der Waals surface area contributed by atoms with Crippen LogP contribution in [0.3, 0.4) is 0 Å². The Hall–Kier alpha value is -3.09. The summed E-state index contributed by atoms with van der Waals surface area (Å²) in [6, 6.07) is 5.94. The smallest absolute Gasteiger partial charge is 0.321 e. The van der Waals surface area contributed by atoms with Gasteiger partial charge in [0.2, 0.25) is 0 Å². The van der Waals surface area contributed by atoms with Crippen molar-refractivity contribution in [3.05, 3.63) is 42.4 Å². The molecule has 3 heterocycles. The molecule has 0 fully saturated rings. The number of nitrogens with one attached hydrogen (secondary N) is 2. The van der Waals surface area contributed by atoms with Gasteiger partial charge < -0.3 is 15.5 Å². The Morgan fingerprint density at radius 3 is 2.85 bits per heavy atom. The first-order chi connectivity index (χ1) is 12.3. The lowest BCUT2D eigenvalue weighted by atomic mass is 10.0. The SMILES string of the molecule is CN1Cc2cc(-c3nc4cnccn4c3NC(C)(C)C)ccc2NC1=O. The van der Waals surface area contributed by atoms with E-state index in [0.717, 1.165) is 34.0 Å². The van der Waals surface area contributed by atoms with Crippen molar-refractivity contribution in [3.63, 3.8) is 0 Å². The summed E-state index contributed by atoms with van der Waals surface area (Å²) < 4.78 is 2.01. The third-order valence-electron chi connectivity index (χ3n) is 4.30. The third kappa shape index (κ3) is 2.85. The van der Waals surface area contributed by atoms with Gasteiger partial charge in [0.25, 0.3) is 0 Å². The second kappa shape index (κ2) is 5.72. The van der Waals surface area contributed by atoms with E-state index < -0.39 is 0 Å². The number of hydrogen-bond acceptors (Lipinski definition) is 4. The summed E-state index contributed by atoms with van der Waals surface area (Å²) in [5.74, 6) is 0.933. The molecule has 2 N–H and O–H groups in total. The first-order valence-electron chi connectivity index (χ1n) is 8.57. The molecule has 7 heteroatoms. The lowest BCUT2D eigenvalue weighted by molar-refractivity contribution is 0.218. The second-order valence-electron chi connectivity index (χ2n) is 7.65. The van der Waals surface area contributed by atoms with Crippen LogP contribution in [0, 0.1) is 0 Å². The Kier molecular flexibility index (Phi) is 3.61. The van der Waals surface area contributed by atoms with E-state index >= 15 is 0 Å². The Bertz CT molecular complexity index is 1000. The fourth-order valence-corrected chi connectivity index (χ4v) is 3.11. The van der Waals surface area contributed by atoms with Gasteiger partial charge in [-0.3, -0.25) is 9.38 Å². The van der Waals surface area contributed by atoms with Crippen molar-refractivity contribution in [1.29, 1.82) is 0 Å². The highest BCUT2D eigenvalue weighted by molar-refractivity contribution is 5.93. The quantitative estimate of drug-likeness (QED) is 0.741. The van der Waals surface area contributed by atoms with Gasteiger partial charge in [0, 0.05) is 42.8 Å². The number of hydrogen-bond donors (Lipinski definition) is 2. The maximum atomic E-state index is 11.8. The summed E-state index contributed by atoms with van der Waals surface area (Å²) in [5.41, 5.74) is 4.47. The number of fused-ring (bicyclic) bond motifs is 2. The average molecular weight is 350 g/mol. The molecule has 134 valence electrons. The fourth-order valence-electron chi connectivity index (χ4n) is 3.11. The topological polar surface area (TPSA) is 74.6 Å². The van der Waals surface area contributed by atoms with Gasteiger partial charge >= 0.3 is 6.03 Å². The van der Waals surface area contributed by atoms with Gasteiger partial charge in [0.1, 0.15) is 11.5 Å². The molecule has 0 radical (unpaired) electrons. The Labute approximate surface area is 152 Å². The third-order valence-corrected chi connectivity index (χ3v) is 4.30. The number of aromatic nitrogens is 3. The molecule has 0 saturated heterocycles. The molecule has 4 rings (SSSR count). The molecular formula is C19H22N6O. The second-order valence-corrected chi connectivity index (χ2v) is 7.65. The van der Waals surface area contributed by atoms with Crippen molar-refractivity contribution in [2.75, 3.05) is 17.7 Å². The van der Waals surface area contributed by atoms with E-state index in [9.17, 15) is 4.79 Å². The minimum atomic E-state index is -0.115. The van der Waals surface area contributed by atoms with E-state index in [1.807, 2.05) is 22.7 Å². The molecule has 0 aliphatic carbocycles.